The molecule has 1 heterocycles. The van der Waals surface area contributed by atoms with Gasteiger partial charge in [-0.1, -0.05) is 64.4 Å². The molecular weight excluding hydrogens is 678 g/mol. The Hall–Kier alpha value is -3.92. The van der Waals surface area contributed by atoms with Crippen molar-refractivity contribution in [3.05, 3.63) is 54.1 Å². The van der Waals surface area contributed by atoms with E-state index in [1.54, 1.807) is 52.0 Å². The van der Waals surface area contributed by atoms with Gasteiger partial charge in [-0.3, -0.25) is 19.9 Å². The van der Waals surface area contributed by atoms with E-state index < -0.39 is 64.3 Å². The number of nitrogens with one attached hydrogen (secondary N) is 1. The SMILES string of the molecule is CC[C@H](C)[C@H](N)C(=O)N(NC(=O)[C@@H](C)N(C)C(=O)OC(C)(C)C)[C@@H](Cc1ccccc1)[C@H](O)CN(CC(C)C)S(=O)(=O)c1ccc2c(c1)OCO2. The van der Waals surface area contributed by atoms with E-state index in [2.05, 4.69) is 5.43 Å². The summed E-state index contributed by atoms with van der Waals surface area (Å²) in [5.74, 6) is -1.18. The van der Waals surface area contributed by atoms with Crippen LogP contribution in [0.15, 0.2) is 53.4 Å². The molecule has 3 rings (SSSR count). The maximum Gasteiger partial charge on any atom is 0.410 e. The number of rotatable bonds is 15. The number of carbonyl (C=O) groups excluding carboxylic acids is 3. The zero-order valence-corrected chi connectivity index (χ0v) is 32.0. The van der Waals surface area contributed by atoms with E-state index in [-0.39, 0.29) is 42.2 Å². The molecule has 5 atom stereocenters. The predicted octanol–water partition coefficient (Wildman–Crippen LogP) is 3.52. The number of ether oxygens (including phenoxy) is 3. The summed E-state index contributed by atoms with van der Waals surface area (Å²) < 4.78 is 45.6. The molecule has 14 nitrogen and oxygen atoms in total. The lowest BCUT2D eigenvalue weighted by atomic mass is 9.96. The largest absolute Gasteiger partial charge is 0.454 e. The third kappa shape index (κ3) is 11.0. The third-order valence-electron chi connectivity index (χ3n) is 8.66. The smallest absolute Gasteiger partial charge is 0.410 e. The summed E-state index contributed by atoms with van der Waals surface area (Å²) in [6, 6.07) is 9.91. The van der Waals surface area contributed by atoms with Gasteiger partial charge in [-0.15, -0.1) is 0 Å². The van der Waals surface area contributed by atoms with Gasteiger partial charge in [-0.05, 0) is 63.6 Å². The molecular formula is C36H55N5O9S. The minimum absolute atomic E-state index is 0.0249. The number of fused-ring (bicyclic) bond motifs is 1. The number of sulfonamides is 1. The second-order valence-electron chi connectivity index (χ2n) is 14.4. The van der Waals surface area contributed by atoms with E-state index in [1.807, 2.05) is 26.8 Å². The molecule has 2 aromatic rings. The van der Waals surface area contributed by atoms with E-state index in [1.165, 1.54) is 32.2 Å². The van der Waals surface area contributed by atoms with Gasteiger partial charge in [0.25, 0.3) is 11.8 Å². The number of likely N-dealkylation sites (N-methyl/N-ethyl adjacent to an activating group) is 1. The monoisotopic (exact) mass is 733 g/mol. The van der Waals surface area contributed by atoms with Gasteiger partial charge in [0.1, 0.15) is 11.6 Å². The predicted molar refractivity (Wildman–Crippen MR) is 192 cm³/mol. The summed E-state index contributed by atoms with van der Waals surface area (Å²) in [7, 11) is -2.81. The van der Waals surface area contributed by atoms with Crippen LogP contribution in [0.2, 0.25) is 0 Å². The highest BCUT2D eigenvalue weighted by atomic mass is 32.2. The molecule has 3 amide bonds. The average molecular weight is 734 g/mol. The summed E-state index contributed by atoms with van der Waals surface area (Å²) in [6.07, 6.45) is -1.70. The van der Waals surface area contributed by atoms with Gasteiger partial charge in [0, 0.05) is 26.2 Å². The first kappa shape index (κ1) is 41.5. The number of carbonyl (C=O) groups is 3. The second-order valence-corrected chi connectivity index (χ2v) is 16.4. The normalized spacial score (nSPS) is 15.9. The van der Waals surface area contributed by atoms with Gasteiger partial charge in [-0.25, -0.2) is 18.2 Å². The molecule has 0 bridgehead atoms. The molecule has 2 aromatic carbocycles. The number of hydrogen-bond acceptors (Lipinski definition) is 10. The summed E-state index contributed by atoms with van der Waals surface area (Å²) in [6.45, 7) is 13.5. The van der Waals surface area contributed by atoms with Crippen molar-refractivity contribution in [1.29, 1.82) is 0 Å². The minimum atomic E-state index is -4.21. The Morgan fingerprint density at radius 3 is 2.22 bits per heavy atom. The van der Waals surface area contributed by atoms with Crippen LogP contribution in [-0.4, -0.2) is 102 Å². The molecule has 0 aromatic heterocycles. The molecule has 0 saturated carbocycles. The van der Waals surface area contributed by atoms with Gasteiger partial charge < -0.3 is 25.1 Å². The van der Waals surface area contributed by atoms with Crippen molar-refractivity contribution in [2.75, 3.05) is 26.9 Å². The Kier molecular flexibility index (Phi) is 14.3. The maximum atomic E-state index is 14.2. The van der Waals surface area contributed by atoms with Crippen LogP contribution in [0.1, 0.15) is 67.4 Å². The van der Waals surface area contributed by atoms with Crippen LogP contribution in [0.4, 0.5) is 4.79 Å². The number of benzene rings is 2. The second kappa shape index (κ2) is 17.5. The van der Waals surface area contributed by atoms with E-state index in [9.17, 15) is 27.9 Å². The van der Waals surface area contributed by atoms with Crippen molar-refractivity contribution < 1.29 is 42.1 Å². The fourth-order valence-corrected chi connectivity index (χ4v) is 6.93. The molecule has 0 aliphatic carbocycles. The summed E-state index contributed by atoms with van der Waals surface area (Å²) in [5, 5.41) is 13.1. The number of nitrogens with zero attached hydrogens (tertiary/aromatic N) is 3. The molecule has 1 aliphatic rings. The minimum Gasteiger partial charge on any atom is -0.454 e. The van der Waals surface area contributed by atoms with Crippen molar-refractivity contribution in [3.8, 4) is 11.5 Å². The Morgan fingerprint density at radius 2 is 1.63 bits per heavy atom. The zero-order valence-electron chi connectivity index (χ0n) is 31.2. The lowest BCUT2D eigenvalue weighted by Crippen LogP contribution is -2.64. The summed E-state index contributed by atoms with van der Waals surface area (Å²) in [4.78, 5) is 41.9. The van der Waals surface area contributed by atoms with Gasteiger partial charge >= 0.3 is 6.09 Å². The highest BCUT2D eigenvalue weighted by Crippen LogP contribution is 2.35. The molecule has 0 spiro atoms. The van der Waals surface area contributed by atoms with Crippen LogP contribution in [0.25, 0.3) is 0 Å². The molecule has 51 heavy (non-hydrogen) atoms. The molecule has 15 heteroatoms. The van der Waals surface area contributed by atoms with Gasteiger partial charge in [-0.2, -0.15) is 4.31 Å². The highest BCUT2D eigenvalue weighted by Gasteiger charge is 2.40. The van der Waals surface area contributed by atoms with Gasteiger partial charge in [0.2, 0.25) is 16.8 Å². The summed E-state index contributed by atoms with van der Waals surface area (Å²) in [5.41, 5.74) is 8.99. The summed E-state index contributed by atoms with van der Waals surface area (Å²) >= 11 is 0. The fraction of sp³-hybridized carbons (Fsp3) is 0.583. The van der Waals surface area contributed by atoms with E-state index in [0.29, 0.717) is 17.7 Å². The fourth-order valence-electron chi connectivity index (χ4n) is 5.29. The van der Waals surface area contributed by atoms with Gasteiger partial charge in [0.15, 0.2) is 11.5 Å². The molecule has 284 valence electrons. The molecule has 1 aliphatic heterocycles. The van der Waals surface area contributed by atoms with Crippen molar-refractivity contribution in [1.82, 2.24) is 19.6 Å². The molecule has 0 unspecified atom stereocenters. The van der Waals surface area contributed by atoms with Gasteiger partial charge in [0.05, 0.1) is 23.1 Å². The number of hydrazine groups is 1. The topological polar surface area (TPSA) is 181 Å². The van der Waals surface area contributed by atoms with Crippen molar-refractivity contribution in [2.45, 2.75) is 103 Å². The Morgan fingerprint density at radius 1 is 1.00 bits per heavy atom. The first-order valence-electron chi connectivity index (χ1n) is 17.2. The van der Waals surface area contributed by atoms with Crippen LogP contribution in [0, 0.1) is 11.8 Å². The van der Waals surface area contributed by atoms with E-state index in [4.69, 9.17) is 19.9 Å². The Balaban J connectivity index is 2.07. The van der Waals surface area contributed by atoms with Crippen LogP contribution < -0.4 is 20.6 Å². The number of aliphatic hydroxyl groups is 1. The van der Waals surface area contributed by atoms with Crippen LogP contribution >= 0.6 is 0 Å². The van der Waals surface area contributed by atoms with Crippen LogP contribution in [0.3, 0.4) is 0 Å². The van der Waals surface area contributed by atoms with E-state index in [0.717, 1.165) is 14.2 Å². The lowest BCUT2D eigenvalue weighted by molar-refractivity contribution is -0.151. The van der Waals surface area contributed by atoms with Crippen molar-refractivity contribution >= 4 is 27.9 Å². The lowest BCUT2D eigenvalue weighted by Gasteiger charge is -2.39. The zero-order chi connectivity index (χ0) is 38.3. The number of hydrogen-bond donors (Lipinski definition) is 3. The molecule has 0 fully saturated rings. The first-order valence-corrected chi connectivity index (χ1v) is 18.7. The quantitative estimate of drug-likeness (QED) is 0.229. The average Bonchev–Trinajstić information content (AvgIpc) is 3.55. The first-order chi connectivity index (χ1) is 23.8. The van der Waals surface area contributed by atoms with Crippen molar-refractivity contribution in [3.63, 3.8) is 0 Å². The van der Waals surface area contributed by atoms with Crippen molar-refractivity contribution in [2.24, 2.45) is 17.6 Å². The van der Waals surface area contributed by atoms with Crippen LogP contribution in [-0.2, 0) is 30.8 Å². The van der Waals surface area contributed by atoms with Crippen LogP contribution in [0.5, 0.6) is 11.5 Å². The Bertz CT molecular complexity index is 1600. The maximum absolute atomic E-state index is 14.2. The third-order valence-corrected chi connectivity index (χ3v) is 10.5. The molecule has 4 N–H and O–H groups in total. The highest BCUT2D eigenvalue weighted by molar-refractivity contribution is 7.89. The molecule has 0 radical (unpaired) electrons. The van der Waals surface area contributed by atoms with E-state index >= 15 is 0 Å². The number of aliphatic hydroxyl groups excluding tert-OH is 1. The Labute approximate surface area is 302 Å². The number of amides is 3. The standard InChI is InChI=1S/C36H55N5O9S/c1-10-24(4)32(37)34(44)41(38-33(43)25(5)39(9)35(45)50-36(6,7)8)28(18-26-14-12-11-13-15-26)29(42)21-40(20-23(2)3)51(46,47)27-16-17-30-31(19-27)49-22-48-30/h11-17,19,23-25,28-29,32,42H,10,18,20-22,37H2,1-9H3,(H,38,43)/t24-,25+,28-,29+,32-/m0/s1. The number of nitrogens with two attached hydrogens (primary N) is 1. The molecule has 0 saturated heterocycles.